The Kier molecular flexibility index (Phi) is 4.44. The van der Waals surface area contributed by atoms with E-state index < -0.39 is 23.5 Å². The molecule has 0 saturated carbocycles. The lowest BCUT2D eigenvalue weighted by molar-refractivity contribution is -0.268. The van der Waals surface area contributed by atoms with Gasteiger partial charge in [-0.05, 0) is 0 Å². The number of benzene rings is 1. The number of carbonyl (C=O) groups excluding carboxylic acids is 2. The molecular weight excluding hydrogens is 240 g/mol. The van der Waals surface area contributed by atoms with Crippen LogP contribution < -0.4 is 16.0 Å². The molecule has 18 heavy (non-hydrogen) atoms. The first-order valence-electron chi connectivity index (χ1n) is 4.78. The fraction of sp³-hybridized carbons (Fsp3) is 0. The van der Waals surface area contributed by atoms with Crippen LogP contribution in [0.2, 0.25) is 0 Å². The Hall–Kier alpha value is -2.83. The Morgan fingerprint density at radius 1 is 1.11 bits per heavy atom. The lowest BCUT2D eigenvalue weighted by Gasteiger charge is -2.12. The smallest absolute Gasteiger partial charge is 0.328 e. The molecular formula is C11H9N2O5-. The van der Waals surface area contributed by atoms with E-state index in [1.807, 2.05) is 10.9 Å². The van der Waals surface area contributed by atoms with Gasteiger partial charge in [0.15, 0.2) is 0 Å². The molecule has 0 aliphatic rings. The predicted octanol–water partition coefficient (Wildman–Crippen LogP) is -0.838. The van der Waals surface area contributed by atoms with Gasteiger partial charge in [-0.15, -0.1) is 0 Å². The first-order chi connectivity index (χ1) is 8.50. The van der Waals surface area contributed by atoms with E-state index in [1.54, 1.807) is 0 Å². The van der Waals surface area contributed by atoms with Crippen LogP contribution in [0.15, 0.2) is 36.4 Å². The second-order valence-corrected chi connectivity index (χ2v) is 3.11. The van der Waals surface area contributed by atoms with Crippen molar-refractivity contribution in [3.8, 4) is 5.75 Å². The van der Waals surface area contributed by atoms with Gasteiger partial charge in [-0.2, -0.15) is 0 Å². The van der Waals surface area contributed by atoms with Crippen molar-refractivity contribution in [2.45, 2.75) is 0 Å². The van der Waals surface area contributed by atoms with Crippen molar-refractivity contribution in [2.24, 2.45) is 0 Å². The third-order valence-corrected chi connectivity index (χ3v) is 1.81. The summed E-state index contributed by atoms with van der Waals surface area (Å²) in [5.41, 5.74) is 3.79. The summed E-state index contributed by atoms with van der Waals surface area (Å²) in [6.45, 7) is 0. The second-order valence-electron chi connectivity index (χ2n) is 3.11. The van der Waals surface area contributed by atoms with Crippen molar-refractivity contribution in [2.75, 3.05) is 0 Å². The van der Waals surface area contributed by atoms with E-state index in [1.165, 1.54) is 24.3 Å². The van der Waals surface area contributed by atoms with Gasteiger partial charge in [-0.1, -0.05) is 30.0 Å². The largest absolute Gasteiger partial charge is 0.872 e. The molecule has 7 nitrogen and oxygen atoms in total. The first-order valence-corrected chi connectivity index (χ1v) is 4.78. The summed E-state index contributed by atoms with van der Waals surface area (Å²) < 4.78 is 0. The topological polar surface area (TPSA) is 119 Å². The molecule has 0 aromatic heterocycles. The molecule has 3 N–H and O–H groups in total. The Morgan fingerprint density at radius 3 is 2.39 bits per heavy atom. The molecule has 1 rings (SSSR count). The quantitative estimate of drug-likeness (QED) is 0.477. The van der Waals surface area contributed by atoms with Crippen LogP contribution in [0.4, 0.5) is 0 Å². The van der Waals surface area contributed by atoms with Gasteiger partial charge in [-0.3, -0.25) is 20.4 Å². The highest BCUT2D eigenvalue weighted by atomic mass is 16.4. The summed E-state index contributed by atoms with van der Waals surface area (Å²) in [5, 5.41) is 19.5. The van der Waals surface area contributed by atoms with Gasteiger partial charge in [0, 0.05) is 17.7 Å². The number of carboxylic acid groups (broad SMARTS) is 1. The molecule has 0 atom stereocenters. The third-order valence-electron chi connectivity index (χ3n) is 1.81. The number of amides is 2. The minimum absolute atomic E-state index is 0.125. The van der Waals surface area contributed by atoms with Crippen molar-refractivity contribution in [3.63, 3.8) is 0 Å². The van der Waals surface area contributed by atoms with Gasteiger partial charge >= 0.3 is 5.97 Å². The van der Waals surface area contributed by atoms with Crippen molar-refractivity contribution < 1.29 is 24.6 Å². The highest BCUT2D eigenvalue weighted by Crippen LogP contribution is 2.11. The number of carboxylic acids is 1. The zero-order valence-electron chi connectivity index (χ0n) is 9.04. The minimum atomic E-state index is -1.29. The van der Waals surface area contributed by atoms with Crippen LogP contribution in [-0.2, 0) is 9.59 Å². The number of nitrogens with one attached hydrogen (secondary N) is 2. The number of carbonyl (C=O) groups is 3. The molecule has 7 heteroatoms. The molecule has 0 bridgehead atoms. The third kappa shape index (κ3) is 3.97. The average Bonchev–Trinajstić information content (AvgIpc) is 2.34. The summed E-state index contributed by atoms with van der Waals surface area (Å²) >= 11 is 0. The lowest BCUT2D eigenvalue weighted by atomic mass is 10.2. The van der Waals surface area contributed by atoms with E-state index in [4.69, 9.17) is 5.11 Å². The van der Waals surface area contributed by atoms with Crippen LogP contribution in [-0.4, -0.2) is 22.9 Å². The summed E-state index contributed by atoms with van der Waals surface area (Å²) in [4.78, 5) is 32.6. The molecule has 1 aromatic rings. The van der Waals surface area contributed by atoms with E-state index in [0.29, 0.717) is 6.08 Å². The molecule has 0 unspecified atom stereocenters. The SMILES string of the molecule is O=C(O)/C=C/C(=O)NNC(=O)c1ccccc1[O-]. The molecule has 0 aliphatic carbocycles. The molecule has 0 spiro atoms. The number of aliphatic carboxylic acids is 1. The van der Waals surface area contributed by atoms with Gasteiger partial charge in [0.1, 0.15) is 0 Å². The standard InChI is InChI=1S/C11H10N2O5/c14-8-4-2-1-3-7(8)11(18)13-12-9(15)5-6-10(16)17/h1-6,14H,(H,12,15)(H,13,18)(H,16,17)/p-1/b6-5+. The average molecular weight is 249 g/mol. The van der Waals surface area contributed by atoms with Crippen LogP contribution in [0.25, 0.3) is 0 Å². The van der Waals surface area contributed by atoms with E-state index in [9.17, 15) is 19.5 Å². The fourth-order valence-electron chi connectivity index (χ4n) is 1.03. The zero-order chi connectivity index (χ0) is 13.5. The van der Waals surface area contributed by atoms with Crippen molar-refractivity contribution in [1.29, 1.82) is 0 Å². The fourth-order valence-corrected chi connectivity index (χ4v) is 1.03. The minimum Gasteiger partial charge on any atom is -0.872 e. The zero-order valence-corrected chi connectivity index (χ0v) is 9.04. The summed E-state index contributed by atoms with van der Waals surface area (Å²) in [5.74, 6) is -3.38. The normalized spacial score (nSPS) is 10.0. The van der Waals surface area contributed by atoms with Gasteiger partial charge in [-0.25, -0.2) is 4.79 Å². The highest BCUT2D eigenvalue weighted by molar-refractivity contribution is 5.99. The molecule has 0 radical (unpaired) electrons. The number of hydrogen-bond acceptors (Lipinski definition) is 4. The van der Waals surface area contributed by atoms with E-state index in [-0.39, 0.29) is 5.56 Å². The summed E-state index contributed by atoms with van der Waals surface area (Å²) in [6, 6.07) is 5.49. The molecule has 0 heterocycles. The Balaban J connectivity index is 2.55. The Bertz CT molecular complexity index is 510. The van der Waals surface area contributed by atoms with Crippen LogP contribution in [0.1, 0.15) is 10.4 Å². The summed E-state index contributed by atoms with van der Waals surface area (Å²) in [6.07, 6.45) is 1.34. The number of para-hydroxylation sites is 1. The van der Waals surface area contributed by atoms with E-state index >= 15 is 0 Å². The van der Waals surface area contributed by atoms with Crippen molar-refractivity contribution in [3.05, 3.63) is 42.0 Å². The maximum atomic E-state index is 11.4. The maximum Gasteiger partial charge on any atom is 0.328 e. The first kappa shape index (κ1) is 13.2. The van der Waals surface area contributed by atoms with Crippen molar-refractivity contribution >= 4 is 17.8 Å². The molecule has 0 fully saturated rings. The Morgan fingerprint density at radius 2 is 1.78 bits per heavy atom. The van der Waals surface area contributed by atoms with Crippen LogP contribution in [0.3, 0.4) is 0 Å². The Labute approximate surface area is 102 Å². The molecule has 0 saturated heterocycles. The summed E-state index contributed by atoms with van der Waals surface area (Å²) in [7, 11) is 0. The maximum absolute atomic E-state index is 11.4. The van der Waals surface area contributed by atoms with Crippen LogP contribution in [0, 0.1) is 0 Å². The second kappa shape index (κ2) is 6.04. The van der Waals surface area contributed by atoms with Crippen molar-refractivity contribution in [1.82, 2.24) is 10.9 Å². The monoisotopic (exact) mass is 249 g/mol. The highest BCUT2D eigenvalue weighted by Gasteiger charge is 2.06. The lowest BCUT2D eigenvalue weighted by Crippen LogP contribution is -2.41. The van der Waals surface area contributed by atoms with Gasteiger partial charge in [0.05, 0.1) is 0 Å². The molecule has 1 aromatic carbocycles. The molecule has 2 amide bonds. The number of hydrogen-bond donors (Lipinski definition) is 3. The van der Waals surface area contributed by atoms with Gasteiger partial charge in [0.25, 0.3) is 11.8 Å². The van der Waals surface area contributed by atoms with Crippen LogP contribution in [0.5, 0.6) is 5.75 Å². The number of hydrazine groups is 1. The molecule has 0 aliphatic heterocycles. The van der Waals surface area contributed by atoms with Crippen LogP contribution >= 0.6 is 0 Å². The van der Waals surface area contributed by atoms with Gasteiger partial charge < -0.3 is 10.2 Å². The van der Waals surface area contributed by atoms with E-state index in [2.05, 4.69) is 0 Å². The molecule has 94 valence electrons. The predicted molar refractivity (Wildman–Crippen MR) is 58.3 cm³/mol. The van der Waals surface area contributed by atoms with Gasteiger partial charge in [0.2, 0.25) is 0 Å². The number of rotatable bonds is 3. The van der Waals surface area contributed by atoms with E-state index in [0.717, 1.165) is 6.08 Å².